The maximum absolute atomic E-state index is 9.99. The summed E-state index contributed by atoms with van der Waals surface area (Å²) in [5.74, 6) is 2.73. The lowest BCUT2D eigenvalue weighted by molar-refractivity contribution is -0.915. The van der Waals surface area contributed by atoms with E-state index in [0.717, 1.165) is 13.0 Å². The number of hydrogen-bond donors (Lipinski definition) is 2. The molecule has 0 bridgehead atoms. The van der Waals surface area contributed by atoms with E-state index in [1.54, 1.807) is 0 Å². The maximum atomic E-state index is 9.99. The van der Waals surface area contributed by atoms with Crippen molar-refractivity contribution < 1.29 is 10.0 Å². The van der Waals surface area contributed by atoms with E-state index in [-0.39, 0.29) is 5.92 Å². The number of quaternary nitrogens is 1. The van der Waals surface area contributed by atoms with Gasteiger partial charge in [0.15, 0.2) is 0 Å². The first-order valence-corrected chi connectivity index (χ1v) is 4.52. The van der Waals surface area contributed by atoms with E-state index in [2.05, 4.69) is 19.9 Å². The van der Waals surface area contributed by atoms with Gasteiger partial charge >= 0.3 is 0 Å². The number of likely N-dealkylation sites (tertiary alicyclic amines) is 1. The summed E-state index contributed by atoms with van der Waals surface area (Å²) < 4.78 is 0. The first-order chi connectivity index (χ1) is 5.49. The molecule has 0 aromatic carbocycles. The van der Waals surface area contributed by atoms with Crippen LogP contribution in [0.1, 0.15) is 20.3 Å². The molecule has 2 nitrogen and oxygen atoms in total. The van der Waals surface area contributed by atoms with Gasteiger partial charge < -0.3 is 10.0 Å². The third-order valence-electron chi connectivity index (χ3n) is 3.15. The van der Waals surface area contributed by atoms with Crippen LogP contribution >= 0.6 is 0 Å². The molecule has 0 radical (unpaired) electrons. The van der Waals surface area contributed by atoms with Crippen LogP contribution in [-0.4, -0.2) is 30.3 Å². The molecule has 1 unspecified atom stereocenters. The summed E-state index contributed by atoms with van der Waals surface area (Å²) >= 11 is 0. The Morgan fingerprint density at radius 2 is 2.17 bits per heavy atom. The van der Waals surface area contributed by atoms with Crippen molar-refractivity contribution in [2.24, 2.45) is 5.92 Å². The Morgan fingerprint density at radius 3 is 2.67 bits per heavy atom. The number of hydrogen-bond acceptors (Lipinski definition) is 1. The molecule has 1 saturated heterocycles. The Kier molecular flexibility index (Phi) is 2.46. The summed E-state index contributed by atoms with van der Waals surface area (Å²) in [6.45, 7) is 5.11. The van der Waals surface area contributed by atoms with Crippen molar-refractivity contribution >= 4 is 0 Å². The molecular weight excluding hydrogens is 150 g/mol. The number of aliphatic hydroxyl groups is 1. The standard InChI is InChI=1S/C10H17NO/c1-5-10(12)6-9(3)11(4)7-8(10)2/h1,8-9,12H,6-7H2,2-4H3/p+1/t8-,9-,10+/m0/s1. The second kappa shape index (κ2) is 3.08. The highest BCUT2D eigenvalue weighted by molar-refractivity contribution is 5.11. The van der Waals surface area contributed by atoms with Crippen molar-refractivity contribution in [1.29, 1.82) is 0 Å². The summed E-state index contributed by atoms with van der Waals surface area (Å²) in [5, 5.41) is 9.99. The van der Waals surface area contributed by atoms with Gasteiger partial charge in [0.05, 0.1) is 19.6 Å². The second-order valence-electron chi connectivity index (χ2n) is 4.13. The third kappa shape index (κ3) is 1.48. The zero-order chi connectivity index (χ0) is 9.35. The van der Waals surface area contributed by atoms with Gasteiger partial charge in [-0.2, -0.15) is 0 Å². The van der Waals surface area contributed by atoms with Crippen LogP contribution in [0.2, 0.25) is 0 Å². The molecule has 0 aromatic heterocycles. The summed E-state index contributed by atoms with van der Waals surface area (Å²) in [7, 11) is 2.15. The summed E-state index contributed by atoms with van der Waals surface area (Å²) in [5.41, 5.74) is -0.862. The Balaban J connectivity index is 2.76. The zero-order valence-electron chi connectivity index (χ0n) is 8.09. The van der Waals surface area contributed by atoms with E-state index in [4.69, 9.17) is 6.42 Å². The number of piperidine rings is 1. The predicted octanol–water partition coefficient (Wildman–Crippen LogP) is -0.706. The smallest absolute Gasteiger partial charge is 0.138 e. The van der Waals surface area contributed by atoms with Crippen LogP contribution in [0.15, 0.2) is 0 Å². The number of rotatable bonds is 0. The van der Waals surface area contributed by atoms with Crippen LogP contribution in [0.4, 0.5) is 0 Å². The summed E-state index contributed by atoms with van der Waals surface area (Å²) in [4.78, 5) is 1.46. The molecule has 1 aliphatic rings. The van der Waals surface area contributed by atoms with E-state index in [0.29, 0.717) is 6.04 Å². The third-order valence-corrected chi connectivity index (χ3v) is 3.15. The van der Waals surface area contributed by atoms with Crippen LogP contribution in [0.5, 0.6) is 0 Å². The lowest BCUT2D eigenvalue weighted by Gasteiger charge is -2.40. The molecule has 1 aliphatic heterocycles. The van der Waals surface area contributed by atoms with Gasteiger partial charge in [-0.05, 0) is 6.92 Å². The lowest BCUT2D eigenvalue weighted by atomic mass is 9.80. The van der Waals surface area contributed by atoms with Crippen molar-refractivity contribution in [3.63, 3.8) is 0 Å². The SMILES string of the molecule is C#C[C@@]1(O)C[C@H](C)[NH+](C)C[C@@H]1C. The minimum Gasteiger partial charge on any atom is -0.377 e. The van der Waals surface area contributed by atoms with Crippen molar-refractivity contribution in [2.45, 2.75) is 31.9 Å². The molecule has 0 amide bonds. The van der Waals surface area contributed by atoms with Crippen molar-refractivity contribution in [3.8, 4) is 12.3 Å². The van der Waals surface area contributed by atoms with Gasteiger partial charge in [0.25, 0.3) is 0 Å². The fourth-order valence-corrected chi connectivity index (χ4v) is 1.90. The topological polar surface area (TPSA) is 24.7 Å². The highest BCUT2D eigenvalue weighted by Gasteiger charge is 2.42. The normalized spacial score (nSPS) is 48.4. The summed E-state index contributed by atoms with van der Waals surface area (Å²) in [6.07, 6.45) is 6.05. The van der Waals surface area contributed by atoms with Crippen molar-refractivity contribution in [1.82, 2.24) is 0 Å². The monoisotopic (exact) mass is 168 g/mol. The Labute approximate surface area is 74.6 Å². The molecule has 1 heterocycles. The maximum Gasteiger partial charge on any atom is 0.138 e. The second-order valence-corrected chi connectivity index (χ2v) is 4.13. The van der Waals surface area contributed by atoms with E-state index < -0.39 is 5.60 Å². The molecule has 2 heteroatoms. The van der Waals surface area contributed by atoms with Crippen molar-refractivity contribution in [3.05, 3.63) is 0 Å². The van der Waals surface area contributed by atoms with Crippen LogP contribution < -0.4 is 4.90 Å². The molecule has 0 saturated carbocycles. The predicted molar refractivity (Wildman–Crippen MR) is 48.8 cm³/mol. The summed E-state index contributed by atoms with van der Waals surface area (Å²) in [6, 6.07) is 0.460. The average Bonchev–Trinajstić information content (AvgIpc) is 2.01. The highest BCUT2D eigenvalue weighted by atomic mass is 16.3. The van der Waals surface area contributed by atoms with Crippen LogP contribution in [0.3, 0.4) is 0 Å². The number of terminal acetylenes is 1. The van der Waals surface area contributed by atoms with Gasteiger partial charge in [-0.25, -0.2) is 0 Å². The minimum atomic E-state index is -0.862. The highest BCUT2D eigenvalue weighted by Crippen LogP contribution is 2.23. The minimum absolute atomic E-state index is 0.207. The van der Waals surface area contributed by atoms with Gasteiger partial charge in [-0.1, -0.05) is 12.8 Å². The zero-order valence-corrected chi connectivity index (χ0v) is 8.09. The molecule has 12 heavy (non-hydrogen) atoms. The molecule has 0 spiro atoms. The molecular formula is C10H18NO+. The van der Waals surface area contributed by atoms with E-state index >= 15 is 0 Å². The van der Waals surface area contributed by atoms with Crippen molar-refractivity contribution in [2.75, 3.05) is 13.6 Å². The van der Waals surface area contributed by atoms with Gasteiger partial charge in [0, 0.05) is 12.3 Å². The van der Waals surface area contributed by atoms with E-state index in [9.17, 15) is 5.11 Å². The Hall–Kier alpha value is -0.520. The van der Waals surface area contributed by atoms with Crippen LogP contribution in [0, 0.1) is 18.3 Å². The number of nitrogens with one attached hydrogen (secondary N) is 1. The first kappa shape index (κ1) is 9.57. The Morgan fingerprint density at radius 1 is 1.58 bits per heavy atom. The van der Waals surface area contributed by atoms with Gasteiger partial charge in [-0.15, -0.1) is 6.42 Å². The average molecular weight is 168 g/mol. The van der Waals surface area contributed by atoms with E-state index in [1.807, 2.05) is 6.92 Å². The fourth-order valence-electron chi connectivity index (χ4n) is 1.90. The molecule has 0 aliphatic carbocycles. The molecule has 68 valence electrons. The Bertz CT molecular complexity index is 208. The first-order valence-electron chi connectivity index (χ1n) is 4.52. The molecule has 1 fully saturated rings. The molecule has 0 aromatic rings. The fraction of sp³-hybridized carbons (Fsp3) is 0.800. The molecule has 4 atom stereocenters. The van der Waals surface area contributed by atoms with Crippen LogP contribution in [0.25, 0.3) is 0 Å². The lowest BCUT2D eigenvalue weighted by Crippen LogP contribution is -3.15. The van der Waals surface area contributed by atoms with Crippen LogP contribution in [-0.2, 0) is 0 Å². The van der Waals surface area contributed by atoms with Gasteiger partial charge in [0.1, 0.15) is 5.60 Å². The molecule has 1 rings (SSSR count). The van der Waals surface area contributed by atoms with Gasteiger partial charge in [0.2, 0.25) is 0 Å². The quantitative estimate of drug-likeness (QED) is 0.459. The van der Waals surface area contributed by atoms with Gasteiger partial charge in [-0.3, -0.25) is 0 Å². The molecule has 2 N–H and O–H groups in total. The van der Waals surface area contributed by atoms with E-state index in [1.165, 1.54) is 4.90 Å². The largest absolute Gasteiger partial charge is 0.377 e.